The van der Waals surface area contributed by atoms with E-state index in [0.29, 0.717) is 4.34 Å². The molecule has 22 heavy (non-hydrogen) atoms. The highest BCUT2D eigenvalue weighted by atomic mass is 32.2. The number of halogens is 3. The molecule has 0 unspecified atom stereocenters. The average molecular weight is 347 g/mol. The van der Waals surface area contributed by atoms with Crippen LogP contribution in [-0.2, 0) is 6.18 Å². The van der Waals surface area contributed by atoms with Gasteiger partial charge in [-0.1, -0.05) is 42.2 Å². The molecule has 4 nitrogen and oxygen atoms in total. The molecule has 0 bridgehead atoms. The van der Waals surface area contributed by atoms with Gasteiger partial charge in [-0.15, -0.1) is 10.2 Å². The zero-order chi connectivity index (χ0) is 16.2. The van der Waals surface area contributed by atoms with E-state index in [4.69, 9.17) is 0 Å². The van der Waals surface area contributed by atoms with Gasteiger partial charge in [-0.3, -0.25) is 10.1 Å². The number of aromatic nitrogens is 2. The predicted molar refractivity (Wildman–Crippen MR) is 80.3 cm³/mol. The third kappa shape index (κ3) is 4.20. The first-order valence-corrected chi connectivity index (χ1v) is 8.16. The molecule has 9 heteroatoms. The summed E-state index contributed by atoms with van der Waals surface area (Å²) in [6.07, 6.45) is -3.62. The Morgan fingerprint density at radius 3 is 2.73 bits per heavy atom. The number of hydrogen-bond acceptors (Lipinski definition) is 5. The van der Waals surface area contributed by atoms with Gasteiger partial charge in [0.05, 0.1) is 11.1 Å². The number of nitrogens with one attached hydrogen (secondary N) is 1. The fourth-order valence-corrected chi connectivity index (χ4v) is 3.27. The van der Waals surface area contributed by atoms with Crippen LogP contribution >= 0.6 is 23.1 Å². The summed E-state index contributed by atoms with van der Waals surface area (Å²) in [6.45, 7) is 2.02. The molecular formula is C13H12F3N3OS2. The van der Waals surface area contributed by atoms with Crippen molar-refractivity contribution >= 4 is 34.1 Å². The van der Waals surface area contributed by atoms with Crippen molar-refractivity contribution in [2.45, 2.75) is 23.9 Å². The number of benzene rings is 1. The summed E-state index contributed by atoms with van der Waals surface area (Å²) in [4.78, 5) is 12.0. The number of amides is 1. The lowest BCUT2D eigenvalue weighted by Gasteiger charge is -2.11. The van der Waals surface area contributed by atoms with E-state index < -0.39 is 23.2 Å². The highest BCUT2D eigenvalue weighted by molar-refractivity contribution is 8.01. The summed E-state index contributed by atoms with van der Waals surface area (Å²) < 4.78 is 39.3. The lowest BCUT2D eigenvalue weighted by atomic mass is 10.1. The van der Waals surface area contributed by atoms with Crippen LogP contribution in [0.4, 0.5) is 18.3 Å². The minimum absolute atomic E-state index is 0.181. The standard InChI is InChI=1S/C13H12F3N3OS2/c1-2-7-21-12-19-18-11(22-12)17-10(20)8-5-3-4-6-9(8)13(14,15)16/h3-6H,2,7H2,1H3,(H,17,18,20). The normalized spacial score (nSPS) is 11.5. The lowest BCUT2D eigenvalue weighted by molar-refractivity contribution is -0.137. The SMILES string of the molecule is CCCSc1nnc(NC(=O)c2ccccc2C(F)(F)F)s1. The molecule has 2 aromatic rings. The molecule has 0 radical (unpaired) electrons. The minimum Gasteiger partial charge on any atom is -0.296 e. The topological polar surface area (TPSA) is 54.9 Å². The number of carbonyl (C=O) groups excluding carboxylic acids is 1. The fraction of sp³-hybridized carbons (Fsp3) is 0.308. The van der Waals surface area contributed by atoms with Crippen molar-refractivity contribution in [3.63, 3.8) is 0 Å². The molecule has 0 aliphatic heterocycles. The van der Waals surface area contributed by atoms with E-state index in [2.05, 4.69) is 15.5 Å². The minimum atomic E-state index is -4.59. The van der Waals surface area contributed by atoms with Crippen LogP contribution in [0.1, 0.15) is 29.3 Å². The van der Waals surface area contributed by atoms with Crippen LogP contribution in [0.15, 0.2) is 28.6 Å². The fourth-order valence-electron chi connectivity index (χ4n) is 1.60. The predicted octanol–water partition coefficient (Wildman–Crippen LogP) is 4.31. The zero-order valence-electron chi connectivity index (χ0n) is 11.5. The Balaban J connectivity index is 2.14. The van der Waals surface area contributed by atoms with Crippen molar-refractivity contribution in [2.24, 2.45) is 0 Å². The van der Waals surface area contributed by atoms with E-state index in [1.54, 1.807) is 0 Å². The maximum atomic E-state index is 12.9. The second-order valence-corrected chi connectivity index (χ2v) is 6.54. The second kappa shape index (κ2) is 7.10. The van der Waals surface area contributed by atoms with Gasteiger partial charge in [0, 0.05) is 5.75 Å². The third-order valence-corrected chi connectivity index (χ3v) is 4.71. The summed E-state index contributed by atoms with van der Waals surface area (Å²) >= 11 is 2.62. The van der Waals surface area contributed by atoms with Gasteiger partial charge in [0.1, 0.15) is 0 Å². The number of rotatable bonds is 5. The van der Waals surface area contributed by atoms with Gasteiger partial charge in [-0.2, -0.15) is 13.2 Å². The lowest BCUT2D eigenvalue weighted by Crippen LogP contribution is -2.18. The molecule has 2 rings (SSSR count). The van der Waals surface area contributed by atoms with E-state index in [1.807, 2.05) is 6.92 Å². The average Bonchev–Trinajstić information content (AvgIpc) is 2.91. The van der Waals surface area contributed by atoms with E-state index >= 15 is 0 Å². The summed E-state index contributed by atoms with van der Waals surface area (Å²) in [6, 6.07) is 4.63. The van der Waals surface area contributed by atoms with Crippen molar-refractivity contribution < 1.29 is 18.0 Å². The van der Waals surface area contributed by atoms with E-state index in [-0.39, 0.29) is 5.13 Å². The Bertz CT molecular complexity index is 658. The van der Waals surface area contributed by atoms with Gasteiger partial charge < -0.3 is 0 Å². The van der Waals surface area contributed by atoms with Gasteiger partial charge >= 0.3 is 6.18 Å². The zero-order valence-corrected chi connectivity index (χ0v) is 13.1. The van der Waals surface area contributed by atoms with Crippen LogP contribution < -0.4 is 5.32 Å². The van der Waals surface area contributed by atoms with Crippen molar-refractivity contribution in [1.29, 1.82) is 0 Å². The van der Waals surface area contributed by atoms with Gasteiger partial charge in [0.25, 0.3) is 5.91 Å². The first-order chi connectivity index (χ1) is 10.4. The van der Waals surface area contributed by atoms with Crippen LogP contribution in [0.25, 0.3) is 0 Å². The molecule has 0 aliphatic carbocycles. The van der Waals surface area contributed by atoms with Gasteiger partial charge in [-0.05, 0) is 18.6 Å². The molecule has 1 N–H and O–H groups in total. The number of hydrogen-bond donors (Lipinski definition) is 1. The van der Waals surface area contributed by atoms with Crippen molar-refractivity contribution in [1.82, 2.24) is 10.2 Å². The first-order valence-electron chi connectivity index (χ1n) is 6.35. The van der Waals surface area contributed by atoms with Crippen LogP contribution in [0.3, 0.4) is 0 Å². The van der Waals surface area contributed by atoms with Crippen LogP contribution in [0.2, 0.25) is 0 Å². The molecule has 1 aromatic carbocycles. The molecule has 1 aromatic heterocycles. The Hall–Kier alpha value is -1.61. The Labute approximate surface area is 133 Å². The first kappa shape index (κ1) is 16.8. The highest BCUT2D eigenvalue weighted by Gasteiger charge is 2.34. The quantitative estimate of drug-likeness (QED) is 0.647. The maximum Gasteiger partial charge on any atom is 0.417 e. The van der Waals surface area contributed by atoms with E-state index in [9.17, 15) is 18.0 Å². The second-order valence-electron chi connectivity index (χ2n) is 4.22. The van der Waals surface area contributed by atoms with Crippen LogP contribution in [-0.4, -0.2) is 21.9 Å². The number of thioether (sulfide) groups is 1. The van der Waals surface area contributed by atoms with Crippen molar-refractivity contribution in [2.75, 3.05) is 11.1 Å². The molecule has 0 aliphatic rings. The van der Waals surface area contributed by atoms with Crippen molar-refractivity contribution in [3.8, 4) is 0 Å². The number of anilines is 1. The molecular weight excluding hydrogens is 335 g/mol. The Kier molecular flexibility index (Phi) is 5.41. The van der Waals surface area contributed by atoms with Crippen LogP contribution in [0.5, 0.6) is 0 Å². The third-order valence-electron chi connectivity index (χ3n) is 2.53. The molecule has 0 atom stereocenters. The Morgan fingerprint density at radius 2 is 2.05 bits per heavy atom. The largest absolute Gasteiger partial charge is 0.417 e. The maximum absolute atomic E-state index is 12.9. The monoisotopic (exact) mass is 347 g/mol. The summed E-state index contributed by atoms with van der Waals surface area (Å²) in [5.74, 6) is 0.00978. The number of nitrogens with zero attached hydrogens (tertiary/aromatic N) is 2. The molecule has 0 spiro atoms. The molecule has 0 saturated carbocycles. The molecule has 1 amide bonds. The van der Waals surface area contributed by atoms with Gasteiger partial charge in [0.15, 0.2) is 4.34 Å². The smallest absolute Gasteiger partial charge is 0.296 e. The van der Waals surface area contributed by atoms with E-state index in [0.717, 1.165) is 35.6 Å². The number of carbonyl (C=O) groups is 1. The summed E-state index contributed by atoms with van der Waals surface area (Å²) in [5.41, 5.74) is -1.41. The van der Waals surface area contributed by atoms with E-state index in [1.165, 1.54) is 23.9 Å². The van der Waals surface area contributed by atoms with Crippen molar-refractivity contribution in [3.05, 3.63) is 35.4 Å². The van der Waals surface area contributed by atoms with Gasteiger partial charge in [0.2, 0.25) is 5.13 Å². The van der Waals surface area contributed by atoms with Crippen LogP contribution in [0, 0.1) is 0 Å². The summed E-state index contributed by atoms with van der Waals surface area (Å²) in [5, 5.41) is 10.2. The summed E-state index contributed by atoms with van der Waals surface area (Å²) in [7, 11) is 0. The molecule has 0 saturated heterocycles. The highest BCUT2D eigenvalue weighted by Crippen LogP contribution is 2.32. The molecule has 1 heterocycles. The Morgan fingerprint density at radius 1 is 1.32 bits per heavy atom. The molecule has 0 fully saturated rings. The molecule has 118 valence electrons. The van der Waals surface area contributed by atoms with Gasteiger partial charge in [-0.25, -0.2) is 0 Å². The number of alkyl halides is 3.